The Morgan fingerprint density at radius 2 is 2.00 bits per heavy atom. The zero-order valence-corrected chi connectivity index (χ0v) is 13.9. The molecule has 0 atom stereocenters. The van der Waals surface area contributed by atoms with Crippen molar-refractivity contribution in [3.8, 4) is 10.4 Å². The van der Waals surface area contributed by atoms with E-state index in [1.165, 1.54) is 11.3 Å². The van der Waals surface area contributed by atoms with Gasteiger partial charge in [0, 0.05) is 18.5 Å². The zero-order chi connectivity index (χ0) is 17.7. The van der Waals surface area contributed by atoms with Gasteiger partial charge in [-0.25, -0.2) is 4.98 Å². The molecule has 126 valence electrons. The van der Waals surface area contributed by atoms with Crippen LogP contribution in [-0.2, 0) is 9.59 Å². The lowest BCUT2D eigenvalue weighted by molar-refractivity contribution is -0.122. The highest BCUT2D eigenvalue weighted by molar-refractivity contribution is 7.18. The molecule has 0 spiro atoms. The number of aliphatic imine (C=N–C) groups is 1. The van der Waals surface area contributed by atoms with E-state index in [4.69, 9.17) is 17.2 Å². The van der Waals surface area contributed by atoms with Gasteiger partial charge in [-0.1, -0.05) is 23.5 Å². The van der Waals surface area contributed by atoms with E-state index < -0.39 is 5.91 Å². The van der Waals surface area contributed by atoms with Gasteiger partial charge in [-0.05, 0) is 24.6 Å². The molecule has 0 aliphatic rings. The Morgan fingerprint density at radius 3 is 2.67 bits per heavy atom. The van der Waals surface area contributed by atoms with Crippen LogP contribution >= 0.6 is 11.3 Å². The molecule has 1 aromatic heterocycles. The number of anilines is 1. The van der Waals surface area contributed by atoms with E-state index in [2.05, 4.69) is 15.3 Å². The second kappa shape index (κ2) is 7.55. The van der Waals surface area contributed by atoms with Crippen molar-refractivity contribution in [2.24, 2.45) is 22.2 Å². The number of benzene rings is 1. The summed E-state index contributed by atoms with van der Waals surface area (Å²) in [6, 6.07) is 7.30. The topological polar surface area (TPSA) is 149 Å². The number of nitrogens with one attached hydrogen (secondary N) is 1. The highest BCUT2D eigenvalue weighted by Crippen LogP contribution is 2.35. The summed E-state index contributed by atoms with van der Waals surface area (Å²) in [6.07, 6.45) is 0.0646. The summed E-state index contributed by atoms with van der Waals surface area (Å²) < 4.78 is 0. The summed E-state index contributed by atoms with van der Waals surface area (Å²) in [7, 11) is 0. The van der Waals surface area contributed by atoms with Gasteiger partial charge in [0.05, 0.1) is 10.6 Å². The van der Waals surface area contributed by atoms with Crippen LogP contribution in [-0.4, -0.2) is 22.8 Å². The number of carbonyl (C=O) groups excluding carboxylic acids is 2. The van der Waals surface area contributed by atoms with E-state index >= 15 is 0 Å². The fraction of sp³-hybridized carbons (Fsp3) is 0.200. The third-order valence-corrected chi connectivity index (χ3v) is 4.12. The lowest BCUT2D eigenvalue weighted by atomic mass is 10.1. The van der Waals surface area contributed by atoms with Gasteiger partial charge >= 0.3 is 0 Å². The molecular formula is C15H18N6O2S. The van der Waals surface area contributed by atoms with E-state index in [9.17, 15) is 9.59 Å². The van der Waals surface area contributed by atoms with Crippen LogP contribution in [0.4, 0.5) is 10.8 Å². The Labute approximate surface area is 142 Å². The number of nitrogens with zero attached hydrogens (tertiary/aromatic N) is 2. The molecule has 0 radical (unpaired) electrons. The minimum atomic E-state index is -0.508. The molecule has 7 N–H and O–H groups in total. The number of amides is 2. The average molecular weight is 346 g/mol. The number of carbonyl (C=O) groups is 2. The van der Waals surface area contributed by atoms with Crippen LogP contribution in [0.15, 0.2) is 29.3 Å². The lowest BCUT2D eigenvalue weighted by Crippen LogP contribution is -2.21. The molecule has 1 aromatic carbocycles. The Morgan fingerprint density at radius 1 is 1.25 bits per heavy atom. The van der Waals surface area contributed by atoms with Crippen LogP contribution in [0.3, 0.4) is 0 Å². The molecular weight excluding hydrogens is 328 g/mol. The molecule has 9 heteroatoms. The summed E-state index contributed by atoms with van der Waals surface area (Å²) in [5.41, 5.74) is 18.1. The van der Waals surface area contributed by atoms with Crippen molar-refractivity contribution >= 4 is 39.9 Å². The number of aromatic nitrogens is 1. The first-order valence-electron chi connectivity index (χ1n) is 7.11. The van der Waals surface area contributed by atoms with Crippen molar-refractivity contribution in [1.82, 2.24) is 4.98 Å². The Balaban J connectivity index is 2.18. The van der Waals surface area contributed by atoms with E-state index in [0.717, 1.165) is 16.1 Å². The molecule has 0 saturated heterocycles. The molecule has 0 unspecified atom stereocenters. The fourth-order valence-electron chi connectivity index (χ4n) is 2.01. The Hall–Kier alpha value is -2.94. The van der Waals surface area contributed by atoms with Crippen LogP contribution in [0, 0.1) is 6.92 Å². The van der Waals surface area contributed by atoms with Crippen LogP contribution < -0.4 is 22.5 Å². The van der Waals surface area contributed by atoms with Crippen LogP contribution in [0.5, 0.6) is 0 Å². The number of guanidine groups is 1. The van der Waals surface area contributed by atoms with Crippen molar-refractivity contribution in [2.45, 2.75) is 19.8 Å². The summed E-state index contributed by atoms with van der Waals surface area (Å²) in [5.74, 6) is -0.828. The molecule has 0 saturated carbocycles. The number of thiazole rings is 1. The summed E-state index contributed by atoms with van der Waals surface area (Å²) in [6.45, 7) is 1.86. The van der Waals surface area contributed by atoms with Crippen LogP contribution in [0.25, 0.3) is 10.4 Å². The smallest absolute Gasteiger partial charge is 0.224 e. The van der Waals surface area contributed by atoms with Gasteiger partial charge in [0.2, 0.25) is 16.9 Å². The summed E-state index contributed by atoms with van der Waals surface area (Å²) in [4.78, 5) is 31.7. The minimum absolute atomic E-state index is 0.0152. The van der Waals surface area contributed by atoms with Crippen molar-refractivity contribution < 1.29 is 9.59 Å². The quantitative estimate of drug-likeness (QED) is 0.458. The van der Waals surface area contributed by atoms with Gasteiger partial charge in [0.15, 0.2) is 5.96 Å². The molecule has 0 fully saturated rings. The van der Waals surface area contributed by atoms with E-state index in [0.29, 0.717) is 10.8 Å². The standard InChI is InChI=1S/C15H18N6O2S/c1-8-13(24-15(19-8)21-14(17)18)9-3-2-4-10(7-9)20-12(23)6-5-11(16)22/h2-4,7H,5-6H2,1H3,(H2,16,22)(H,20,23)(H4,17,18,19,21). The van der Waals surface area contributed by atoms with Crippen molar-refractivity contribution in [1.29, 1.82) is 0 Å². The minimum Gasteiger partial charge on any atom is -0.370 e. The first kappa shape index (κ1) is 17.4. The number of hydrogen-bond acceptors (Lipinski definition) is 5. The molecule has 0 aliphatic carbocycles. The predicted octanol–water partition coefficient (Wildman–Crippen LogP) is 1.23. The van der Waals surface area contributed by atoms with Gasteiger partial charge in [-0.15, -0.1) is 0 Å². The molecule has 0 bridgehead atoms. The number of primary amides is 1. The number of rotatable bonds is 6. The highest BCUT2D eigenvalue weighted by atomic mass is 32.1. The van der Waals surface area contributed by atoms with Gasteiger partial charge in [0.1, 0.15) is 0 Å². The van der Waals surface area contributed by atoms with Gasteiger partial charge < -0.3 is 22.5 Å². The predicted molar refractivity (Wildman–Crippen MR) is 94.8 cm³/mol. The zero-order valence-electron chi connectivity index (χ0n) is 13.1. The van der Waals surface area contributed by atoms with Crippen molar-refractivity contribution in [3.63, 3.8) is 0 Å². The third-order valence-electron chi connectivity index (χ3n) is 3.02. The maximum absolute atomic E-state index is 11.8. The molecule has 2 rings (SSSR count). The number of nitrogens with two attached hydrogens (primary N) is 3. The molecule has 24 heavy (non-hydrogen) atoms. The van der Waals surface area contributed by atoms with Gasteiger partial charge in [-0.2, -0.15) is 4.99 Å². The van der Waals surface area contributed by atoms with E-state index in [-0.39, 0.29) is 24.7 Å². The SMILES string of the molecule is Cc1nc(N=C(N)N)sc1-c1cccc(NC(=O)CCC(N)=O)c1. The maximum atomic E-state index is 11.8. The van der Waals surface area contributed by atoms with E-state index in [1.54, 1.807) is 6.07 Å². The molecule has 2 amide bonds. The van der Waals surface area contributed by atoms with Gasteiger partial charge in [0.25, 0.3) is 0 Å². The largest absolute Gasteiger partial charge is 0.370 e. The first-order valence-corrected chi connectivity index (χ1v) is 7.92. The summed E-state index contributed by atoms with van der Waals surface area (Å²) in [5, 5.41) is 3.21. The molecule has 2 aromatic rings. The maximum Gasteiger partial charge on any atom is 0.224 e. The molecule has 8 nitrogen and oxygen atoms in total. The van der Waals surface area contributed by atoms with Crippen molar-refractivity contribution in [2.75, 3.05) is 5.32 Å². The monoisotopic (exact) mass is 346 g/mol. The summed E-state index contributed by atoms with van der Waals surface area (Å²) >= 11 is 1.35. The molecule has 0 aliphatic heterocycles. The normalized spacial score (nSPS) is 10.2. The highest BCUT2D eigenvalue weighted by Gasteiger charge is 2.11. The van der Waals surface area contributed by atoms with E-state index in [1.807, 2.05) is 25.1 Å². The second-order valence-corrected chi connectivity index (χ2v) is 6.02. The van der Waals surface area contributed by atoms with Crippen LogP contribution in [0.1, 0.15) is 18.5 Å². The molecule has 1 heterocycles. The Bertz CT molecular complexity index is 795. The Kier molecular flexibility index (Phi) is 5.48. The number of hydrogen-bond donors (Lipinski definition) is 4. The fourth-order valence-corrected chi connectivity index (χ4v) is 2.96. The number of aryl methyl sites for hydroxylation is 1. The first-order chi connectivity index (χ1) is 11.3. The van der Waals surface area contributed by atoms with Crippen molar-refractivity contribution in [3.05, 3.63) is 30.0 Å². The lowest BCUT2D eigenvalue weighted by Gasteiger charge is -2.06. The van der Waals surface area contributed by atoms with Crippen LogP contribution in [0.2, 0.25) is 0 Å². The van der Waals surface area contributed by atoms with Gasteiger partial charge in [-0.3, -0.25) is 9.59 Å². The second-order valence-electron chi connectivity index (χ2n) is 5.04. The third kappa shape index (κ3) is 4.78. The average Bonchev–Trinajstić information content (AvgIpc) is 2.85.